The maximum Gasteiger partial charge on any atom is 0.251 e. The molecular formula is C20H20Cl2N4O2. The summed E-state index contributed by atoms with van der Waals surface area (Å²) in [5.41, 5.74) is 2.64. The molecule has 1 fully saturated rings. The van der Waals surface area contributed by atoms with Crippen molar-refractivity contribution in [3.05, 3.63) is 52.0 Å². The molecule has 1 aliphatic rings. The third kappa shape index (κ3) is 4.24. The number of aromatic amines is 1. The Bertz CT molecular complexity index is 979. The Morgan fingerprint density at radius 3 is 2.82 bits per heavy atom. The third-order valence-electron chi connectivity index (χ3n) is 4.76. The lowest BCUT2D eigenvalue weighted by Gasteiger charge is -2.22. The van der Waals surface area contributed by atoms with Gasteiger partial charge in [0.1, 0.15) is 0 Å². The molecule has 0 bridgehead atoms. The highest BCUT2D eigenvalue weighted by Crippen LogP contribution is 2.32. The maximum atomic E-state index is 12.5. The van der Waals surface area contributed by atoms with Crippen LogP contribution >= 0.6 is 23.2 Å². The number of nitrogens with one attached hydrogen (secondary N) is 3. The fourth-order valence-corrected chi connectivity index (χ4v) is 3.74. The number of ether oxygens (including phenoxy) is 1. The van der Waals surface area contributed by atoms with Crippen LogP contribution in [0.3, 0.4) is 0 Å². The summed E-state index contributed by atoms with van der Waals surface area (Å²) in [4.78, 5) is 20.1. The van der Waals surface area contributed by atoms with E-state index in [-0.39, 0.29) is 5.91 Å². The first-order valence-electron chi connectivity index (χ1n) is 9.17. The number of hydrogen-bond acceptors (Lipinski definition) is 4. The zero-order valence-corrected chi connectivity index (χ0v) is 16.6. The molecular weight excluding hydrogens is 399 g/mol. The van der Waals surface area contributed by atoms with Crippen molar-refractivity contribution in [2.45, 2.75) is 12.8 Å². The van der Waals surface area contributed by atoms with E-state index in [1.807, 2.05) is 6.07 Å². The average Bonchev–Trinajstić information content (AvgIpc) is 3.11. The van der Waals surface area contributed by atoms with Gasteiger partial charge in [-0.25, -0.2) is 4.98 Å². The summed E-state index contributed by atoms with van der Waals surface area (Å²) in [5.74, 6) is 0.768. The summed E-state index contributed by atoms with van der Waals surface area (Å²) in [7, 11) is 0. The lowest BCUT2D eigenvalue weighted by Crippen LogP contribution is -2.33. The first-order valence-corrected chi connectivity index (χ1v) is 9.92. The van der Waals surface area contributed by atoms with E-state index in [1.54, 1.807) is 30.3 Å². The van der Waals surface area contributed by atoms with Crippen LogP contribution in [0.15, 0.2) is 36.4 Å². The molecule has 8 heteroatoms. The molecule has 0 radical (unpaired) electrons. The molecule has 0 spiro atoms. The number of benzene rings is 2. The van der Waals surface area contributed by atoms with Gasteiger partial charge in [-0.1, -0.05) is 29.3 Å². The molecule has 1 atom stereocenters. The fourth-order valence-electron chi connectivity index (χ4n) is 3.25. The fraction of sp³-hybridized carbons (Fsp3) is 0.300. The number of hydrogen-bond donors (Lipinski definition) is 3. The molecule has 4 rings (SSSR count). The quantitative estimate of drug-likeness (QED) is 0.557. The summed E-state index contributed by atoms with van der Waals surface area (Å²) < 4.78 is 5.45. The third-order valence-corrected chi connectivity index (χ3v) is 5.39. The smallest absolute Gasteiger partial charge is 0.251 e. The predicted octanol–water partition coefficient (Wildman–Crippen LogP) is 4.77. The van der Waals surface area contributed by atoms with E-state index < -0.39 is 0 Å². The number of carbonyl (C=O) groups excluding carboxylic acids is 1. The summed E-state index contributed by atoms with van der Waals surface area (Å²) in [6.45, 7) is 2.14. The molecule has 0 saturated carbocycles. The molecule has 2 aromatic carbocycles. The van der Waals surface area contributed by atoms with Crippen LogP contribution in [0.1, 0.15) is 23.2 Å². The van der Waals surface area contributed by atoms with Crippen LogP contribution in [0.4, 0.5) is 11.6 Å². The number of carbonyl (C=O) groups is 1. The van der Waals surface area contributed by atoms with Crippen LogP contribution < -0.4 is 10.6 Å². The number of rotatable bonds is 5. The Labute approximate surface area is 172 Å². The van der Waals surface area contributed by atoms with Crippen molar-refractivity contribution in [2.24, 2.45) is 5.92 Å². The highest BCUT2D eigenvalue weighted by molar-refractivity contribution is 6.39. The van der Waals surface area contributed by atoms with Crippen molar-refractivity contribution in [1.82, 2.24) is 15.3 Å². The van der Waals surface area contributed by atoms with E-state index >= 15 is 0 Å². The van der Waals surface area contributed by atoms with E-state index in [4.69, 9.17) is 27.9 Å². The second-order valence-electron chi connectivity index (χ2n) is 6.83. The number of aromatic nitrogens is 2. The van der Waals surface area contributed by atoms with E-state index in [0.717, 1.165) is 25.0 Å². The number of anilines is 2. The van der Waals surface area contributed by atoms with Crippen molar-refractivity contribution in [3.63, 3.8) is 0 Å². The Hall–Kier alpha value is -2.28. The number of amides is 1. The van der Waals surface area contributed by atoms with Gasteiger partial charge in [0.05, 0.1) is 33.4 Å². The van der Waals surface area contributed by atoms with Gasteiger partial charge in [-0.3, -0.25) is 4.79 Å². The molecule has 1 saturated heterocycles. The molecule has 1 amide bonds. The topological polar surface area (TPSA) is 79.0 Å². The van der Waals surface area contributed by atoms with Crippen molar-refractivity contribution in [2.75, 3.05) is 25.1 Å². The normalized spacial score (nSPS) is 16.9. The molecule has 1 aromatic heterocycles. The average molecular weight is 419 g/mol. The van der Waals surface area contributed by atoms with Gasteiger partial charge < -0.3 is 20.4 Å². The molecule has 1 unspecified atom stereocenters. The van der Waals surface area contributed by atoms with Crippen molar-refractivity contribution in [3.8, 4) is 0 Å². The summed E-state index contributed by atoms with van der Waals surface area (Å²) >= 11 is 12.4. The van der Waals surface area contributed by atoms with Gasteiger partial charge in [0.15, 0.2) is 0 Å². The van der Waals surface area contributed by atoms with Crippen LogP contribution in [0.2, 0.25) is 10.0 Å². The van der Waals surface area contributed by atoms with Crippen LogP contribution in [-0.4, -0.2) is 35.6 Å². The lowest BCUT2D eigenvalue weighted by molar-refractivity contribution is 0.0536. The molecule has 0 aliphatic carbocycles. The van der Waals surface area contributed by atoms with E-state index in [2.05, 4.69) is 20.6 Å². The van der Waals surface area contributed by atoms with Gasteiger partial charge >= 0.3 is 0 Å². The Morgan fingerprint density at radius 1 is 1.25 bits per heavy atom. The maximum absolute atomic E-state index is 12.5. The summed E-state index contributed by atoms with van der Waals surface area (Å²) in [6, 6.07) is 10.6. The van der Waals surface area contributed by atoms with Crippen molar-refractivity contribution >= 4 is 51.8 Å². The zero-order valence-electron chi connectivity index (χ0n) is 15.1. The van der Waals surface area contributed by atoms with Crippen LogP contribution in [0.25, 0.3) is 11.0 Å². The van der Waals surface area contributed by atoms with Gasteiger partial charge in [-0.2, -0.15) is 0 Å². The highest BCUT2D eigenvalue weighted by atomic mass is 35.5. The van der Waals surface area contributed by atoms with Gasteiger partial charge in [0.2, 0.25) is 5.95 Å². The standard InChI is InChI=1S/C20H20Cl2N4O2/c21-14-4-1-5-15(22)18(14)26-20-24-16-7-6-13(9-17(16)25-20)19(27)23-10-12-3-2-8-28-11-12/h1,4-7,9,12H,2-3,8,10-11H2,(H,23,27)(H2,24,25,26). The molecule has 1 aliphatic heterocycles. The minimum atomic E-state index is -0.112. The molecule has 2 heterocycles. The van der Waals surface area contributed by atoms with Gasteiger partial charge in [0, 0.05) is 18.7 Å². The van der Waals surface area contributed by atoms with Crippen LogP contribution in [0.5, 0.6) is 0 Å². The largest absolute Gasteiger partial charge is 0.381 e. The van der Waals surface area contributed by atoms with E-state index in [9.17, 15) is 4.79 Å². The van der Waals surface area contributed by atoms with Gasteiger partial charge in [-0.15, -0.1) is 0 Å². The second kappa shape index (κ2) is 8.39. The minimum absolute atomic E-state index is 0.112. The molecule has 3 aromatic rings. The Morgan fingerprint density at radius 2 is 2.07 bits per heavy atom. The SMILES string of the molecule is O=C(NCC1CCCOC1)c1ccc2[nH]c(Nc3c(Cl)cccc3Cl)nc2c1. The van der Waals surface area contributed by atoms with Crippen LogP contribution in [-0.2, 0) is 4.74 Å². The van der Waals surface area contributed by atoms with E-state index in [0.29, 0.717) is 51.8 Å². The first-order chi connectivity index (χ1) is 13.6. The second-order valence-corrected chi connectivity index (χ2v) is 7.65. The highest BCUT2D eigenvalue weighted by Gasteiger charge is 2.16. The number of halogens is 2. The van der Waals surface area contributed by atoms with Crippen molar-refractivity contribution < 1.29 is 9.53 Å². The molecule has 28 heavy (non-hydrogen) atoms. The summed E-state index contributed by atoms with van der Waals surface area (Å²) in [5, 5.41) is 7.09. The molecule has 3 N–H and O–H groups in total. The minimum Gasteiger partial charge on any atom is -0.381 e. The number of imidazole rings is 1. The van der Waals surface area contributed by atoms with Gasteiger partial charge in [0.25, 0.3) is 5.91 Å². The predicted molar refractivity (Wildman–Crippen MR) is 112 cm³/mol. The first kappa shape index (κ1) is 19.1. The zero-order chi connectivity index (χ0) is 19.5. The van der Waals surface area contributed by atoms with Crippen LogP contribution in [0, 0.1) is 5.92 Å². The lowest BCUT2D eigenvalue weighted by atomic mass is 10.0. The number of nitrogens with zero attached hydrogens (tertiary/aromatic N) is 1. The Balaban J connectivity index is 1.47. The monoisotopic (exact) mass is 418 g/mol. The van der Waals surface area contributed by atoms with Gasteiger partial charge in [-0.05, 0) is 49.1 Å². The summed E-state index contributed by atoms with van der Waals surface area (Å²) in [6.07, 6.45) is 2.13. The number of H-pyrrole nitrogens is 1. The molecule has 146 valence electrons. The molecule has 6 nitrogen and oxygen atoms in total. The Kier molecular flexibility index (Phi) is 5.71. The van der Waals surface area contributed by atoms with Crippen molar-refractivity contribution in [1.29, 1.82) is 0 Å². The number of para-hydroxylation sites is 1. The number of fused-ring (bicyclic) bond motifs is 1. The van der Waals surface area contributed by atoms with E-state index in [1.165, 1.54) is 0 Å².